The molecule has 0 amide bonds. The molecule has 0 bridgehead atoms. The highest BCUT2D eigenvalue weighted by Crippen LogP contribution is 2.39. The molecule has 1 rings (SSSR count). The maximum absolute atomic E-state index is 11.7. The molecule has 4 N–H and O–H groups in total. The molecule has 0 heterocycles. The van der Waals surface area contributed by atoms with Crippen LogP contribution in [0, 0.1) is 5.92 Å². The van der Waals surface area contributed by atoms with E-state index in [9.17, 15) is 8.42 Å². The highest BCUT2D eigenvalue weighted by molar-refractivity contribution is 7.87. The Bertz CT molecular complexity index is 316. The van der Waals surface area contributed by atoms with Crippen molar-refractivity contribution in [3.05, 3.63) is 0 Å². The predicted octanol–water partition coefficient (Wildman–Crippen LogP) is -0.816. The Morgan fingerprint density at radius 3 is 2.56 bits per heavy atom. The van der Waals surface area contributed by atoms with Crippen LogP contribution in [-0.4, -0.2) is 40.8 Å². The Kier molecular flexibility index (Phi) is 4.69. The molecule has 0 aliphatic heterocycles. The fourth-order valence-electron chi connectivity index (χ4n) is 1.63. The van der Waals surface area contributed by atoms with E-state index in [4.69, 9.17) is 10.5 Å². The third-order valence-electron chi connectivity index (χ3n) is 2.87. The van der Waals surface area contributed by atoms with Crippen LogP contribution in [-0.2, 0) is 14.9 Å². The van der Waals surface area contributed by atoms with E-state index in [1.54, 1.807) is 0 Å². The van der Waals surface area contributed by atoms with Gasteiger partial charge in [0.1, 0.15) is 0 Å². The smallest absolute Gasteiger partial charge is 0.277 e. The van der Waals surface area contributed by atoms with Gasteiger partial charge in [-0.3, -0.25) is 0 Å². The molecule has 16 heavy (non-hydrogen) atoms. The molecular weight excluding hydrogens is 230 g/mol. The summed E-state index contributed by atoms with van der Waals surface area (Å²) < 4.78 is 33.2. The van der Waals surface area contributed by atoms with E-state index in [2.05, 4.69) is 9.44 Å². The lowest BCUT2D eigenvalue weighted by Gasteiger charge is -2.29. The van der Waals surface area contributed by atoms with Gasteiger partial charge in [0.05, 0.1) is 6.61 Å². The summed E-state index contributed by atoms with van der Waals surface area (Å²) in [5.74, 6) is 0.358. The molecule has 0 aromatic heterocycles. The lowest BCUT2D eigenvalue weighted by atomic mass is 9.98. The molecular formula is C9H21N3O3S. The molecule has 1 aliphatic rings. The van der Waals surface area contributed by atoms with Crippen LogP contribution in [0.15, 0.2) is 0 Å². The highest BCUT2D eigenvalue weighted by atomic mass is 32.2. The Labute approximate surface area is 97.1 Å². The van der Waals surface area contributed by atoms with Crippen molar-refractivity contribution >= 4 is 10.2 Å². The molecule has 0 radical (unpaired) electrons. The zero-order valence-corrected chi connectivity index (χ0v) is 10.6. The molecule has 1 saturated carbocycles. The lowest BCUT2D eigenvalue weighted by molar-refractivity contribution is 0.204. The van der Waals surface area contributed by atoms with Gasteiger partial charge in [-0.25, -0.2) is 0 Å². The zero-order chi connectivity index (χ0) is 12.2. The maximum Gasteiger partial charge on any atom is 0.277 e. The largest absolute Gasteiger partial charge is 0.383 e. The molecule has 6 nitrogen and oxygen atoms in total. The molecule has 7 heteroatoms. The van der Waals surface area contributed by atoms with Crippen molar-refractivity contribution in [1.82, 2.24) is 9.44 Å². The second-order valence-corrected chi connectivity index (χ2v) is 5.89. The van der Waals surface area contributed by atoms with Crippen LogP contribution in [0.5, 0.6) is 0 Å². The summed E-state index contributed by atoms with van der Waals surface area (Å²) in [5, 5.41) is 0. The summed E-state index contributed by atoms with van der Waals surface area (Å²) in [7, 11) is -1.96. The first-order valence-corrected chi connectivity index (χ1v) is 6.89. The number of methoxy groups -OCH3 is 1. The van der Waals surface area contributed by atoms with Gasteiger partial charge in [-0.1, -0.05) is 0 Å². The topological polar surface area (TPSA) is 93.4 Å². The minimum Gasteiger partial charge on any atom is -0.383 e. The molecule has 96 valence electrons. The third-order valence-corrected chi connectivity index (χ3v) is 4.19. The summed E-state index contributed by atoms with van der Waals surface area (Å²) in [6, 6.07) is 0. The van der Waals surface area contributed by atoms with E-state index in [1.807, 2.05) is 6.92 Å². The Morgan fingerprint density at radius 1 is 1.50 bits per heavy atom. The van der Waals surface area contributed by atoms with Crippen LogP contribution in [0.3, 0.4) is 0 Å². The Hall–Kier alpha value is -0.210. The number of rotatable bonds is 8. The molecule has 1 fully saturated rings. The molecule has 0 aromatic rings. The number of ether oxygens (including phenoxy) is 1. The van der Waals surface area contributed by atoms with Gasteiger partial charge in [-0.2, -0.15) is 17.9 Å². The second-order valence-electron chi connectivity index (χ2n) is 4.39. The Balaban J connectivity index is 2.49. The van der Waals surface area contributed by atoms with Crippen molar-refractivity contribution in [1.29, 1.82) is 0 Å². The van der Waals surface area contributed by atoms with Crippen molar-refractivity contribution in [3.8, 4) is 0 Å². The van der Waals surface area contributed by atoms with Crippen LogP contribution in [0.25, 0.3) is 0 Å². The van der Waals surface area contributed by atoms with E-state index >= 15 is 0 Å². The summed E-state index contributed by atoms with van der Waals surface area (Å²) in [4.78, 5) is 0. The van der Waals surface area contributed by atoms with Gasteiger partial charge in [0.15, 0.2) is 0 Å². The normalized spacial score (nSPS) is 20.7. The van der Waals surface area contributed by atoms with Gasteiger partial charge in [0.25, 0.3) is 10.2 Å². The van der Waals surface area contributed by atoms with Crippen molar-refractivity contribution in [2.75, 3.05) is 26.8 Å². The molecule has 1 unspecified atom stereocenters. The predicted molar refractivity (Wildman–Crippen MR) is 62.1 cm³/mol. The van der Waals surface area contributed by atoms with Crippen LogP contribution < -0.4 is 15.2 Å². The van der Waals surface area contributed by atoms with Gasteiger partial charge in [0.2, 0.25) is 0 Å². The summed E-state index contributed by atoms with van der Waals surface area (Å²) in [6.45, 7) is 2.77. The highest BCUT2D eigenvalue weighted by Gasteiger charge is 2.42. The van der Waals surface area contributed by atoms with Crippen LogP contribution in [0.1, 0.15) is 19.8 Å². The number of nitrogens with one attached hydrogen (secondary N) is 2. The minimum absolute atomic E-state index is 0.261. The summed E-state index contributed by atoms with van der Waals surface area (Å²) >= 11 is 0. The second kappa shape index (κ2) is 5.42. The van der Waals surface area contributed by atoms with E-state index in [1.165, 1.54) is 7.11 Å². The van der Waals surface area contributed by atoms with Gasteiger partial charge in [0, 0.05) is 25.7 Å². The first-order chi connectivity index (χ1) is 7.43. The monoisotopic (exact) mass is 251 g/mol. The van der Waals surface area contributed by atoms with Crippen LogP contribution in [0.2, 0.25) is 0 Å². The van der Waals surface area contributed by atoms with Crippen LogP contribution in [0.4, 0.5) is 0 Å². The fraction of sp³-hybridized carbons (Fsp3) is 1.00. The van der Waals surface area contributed by atoms with Crippen molar-refractivity contribution in [2.24, 2.45) is 11.7 Å². The van der Waals surface area contributed by atoms with Crippen molar-refractivity contribution in [3.63, 3.8) is 0 Å². The average Bonchev–Trinajstić information content (AvgIpc) is 3.00. The van der Waals surface area contributed by atoms with Gasteiger partial charge >= 0.3 is 0 Å². The van der Waals surface area contributed by atoms with E-state index in [-0.39, 0.29) is 6.54 Å². The van der Waals surface area contributed by atoms with Gasteiger partial charge in [-0.05, 0) is 25.7 Å². The molecule has 0 aromatic carbocycles. The standard InChI is InChI=1S/C9H21N3O3S/c1-9(7-10,8-3-4-8)12-16(13,14)11-5-6-15-2/h8,11-12H,3-7,10H2,1-2H3. The van der Waals surface area contributed by atoms with Crippen molar-refractivity contribution < 1.29 is 13.2 Å². The van der Waals surface area contributed by atoms with Crippen LogP contribution >= 0.6 is 0 Å². The first-order valence-electron chi connectivity index (χ1n) is 5.41. The van der Waals surface area contributed by atoms with Gasteiger partial charge in [-0.15, -0.1) is 0 Å². The van der Waals surface area contributed by atoms with E-state index in [0.29, 0.717) is 19.1 Å². The maximum atomic E-state index is 11.7. The molecule has 0 spiro atoms. The summed E-state index contributed by atoms with van der Waals surface area (Å²) in [6.07, 6.45) is 2.07. The number of hydrogen-bond acceptors (Lipinski definition) is 4. The quantitative estimate of drug-likeness (QED) is 0.492. The first kappa shape index (κ1) is 13.9. The molecule has 0 saturated heterocycles. The lowest BCUT2D eigenvalue weighted by Crippen LogP contribution is -2.56. The number of hydrogen-bond donors (Lipinski definition) is 3. The van der Waals surface area contributed by atoms with E-state index in [0.717, 1.165) is 12.8 Å². The third kappa shape index (κ3) is 3.99. The fourth-order valence-corrected chi connectivity index (χ4v) is 2.92. The van der Waals surface area contributed by atoms with Gasteiger partial charge < -0.3 is 10.5 Å². The summed E-state index contributed by atoms with van der Waals surface area (Å²) in [5.41, 5.74) is 5.10. The SMILES string of the molecule is COCCNS(=O)(=O)NC(C)(CN)C1CC1. The molecule has 1 aliphatic carbocycles. The van der Waals surface area contributed by atoms with Crippen molar-refractivity contribution in [2.45, 2.75) is 25.3 Å². The number of nitrogens with two attached hydrogens (primary N) is 1. The molecule has 1 atom stereocenters. The minimum atomic E-state index is -3.49. The van der Waals surface area contributed by atoms with E-state index < -0.39 is 15.7 Å². The zero-order valence-electron chi connectivity index (χ0n) is 9.82. The average molecular weight is 251 g/mol. The Morgan fingerprint density at radius 2 is 2.12 bits per heavy atom.